The van der Waals surface area contributed by atoms with E-state index in [0.717, 1.165) is 19.6 Å². The number of carboxylic acids is 1. The second kappa shape index (κ2) is 11.0. The molecule has 0 amide bonds. The molecule has 1 aliphatic heterocycles. The van der Waals surface area contributed by atoms with Crippen LogP contribution in [0.5, 0.6) is 5.75 Å². The third-order valence-electron chi connectivity index (χ3n) is 3.84. The molecule has 1 aliphatic rings. The van der Waals surface area contributed by atoms with Crippen LogP contribution in [0.4, 0.5) is 0 Å². The Morgan fingerprint density at radius 3 is 2.35 bits per heavy atom. The third-order valence-corrected chi connectivity index (χ3v) is 3.84. The van der Waals surface area contributed by atoms with E-state index < -0.39 is 5.97 Å². The van der Waals surface area contributed by atoms with Crippen LogP contribution in [0, 0.1) is 0 Å². The van der Waals surface area contributed by atoms with Crippen molar-refractivity contribution in [3.8, 4) is 5.75 Å². The van der Waals surface area contributed by atoms with E-state index in [1.807, 2.05) is 13.8 Å². The summed E-state index contributed by atoms with van der Waals surface area (Å²) < 4.78 is 5.63. The van der Waals surface area contributed by atoms with E-state index in [4.69, 9.17) is 9.84 Å². The van der Waals surface area contributed by atoms with Crippen molar-refractivity contribution in [2.45, 2.75) is 26.7 Å². The number of carboxylic acid groups (broad SMARTS) is 1. The van der Waals surface area contributed by atoms with Crippen molar-refractivity contribution in [1.29, 1.82) is 0 Å². The van der Waals surface area contributed by atoms with Crippen LogP contribution in [0.3, 0.4) is 0 Å². The number of likely N-dealkylation sites (tertiary alicyclic amines) is 1. The number of likely N-dealkylation sites (N-methyl/N-ethyl adjacent to an activating group) is 1. The minimum atomic E-state index is -0.914. The Labute approximate surface area is 139 Å². The minimum absolute atomic E-state index is 0.282. The van der Waals surface area contributed by atoms with Gasteiger partial charge in [0.1, 0.15) is 12.4 Å². The lowest BCUT2D eigenvalue weighted by Crippen LogP contribution is -2.33. The molecule has 0 radical (unpaired) electrons. The van der Waals surface area contributed by atoms with Crippen molar-refractivity contribution in [3.05, 3.63) is 29.8 Å². The number of aromatic carboxylic acids is 1. The summed E-state index contributed by atoms with van der Waals surface area (Å²) >= 11 is 0. The Balaban J connectivity index is 0.00000127. The molecule has 0 atom stereocenters. The van der Waals surface area contributed by atoms with E-state index in [2.05, 4.69) is 16.8 Å². The van der Waals surface area contributed by atoms with E-state index in [0.29, 0.717) is 12.4 Å². The fourth-order valence-electron chi connectivity index (χ4n) is 2.44. The molecule has 0 bridgehead atoms. The van der Waals surface area contributed by atoms with Crippen LogP contribution in [-0.2, 0) is 0 Å². The lowest BCUT2D eigenvalue weighted by atomic mass is 10.2. The standard InChI is InChI=1S/C16H24N2O3.C2H6/c1-17(10-11-18-8-2-3-9-18)12-13-21-15-6-4-14(5-7-15)16(19)20;1-2/h4-7H,2-3,8-13H2,1H3,(H,19,20);1-2H3. The first kappa shape index (κ1) is 19.5. The largest absolute Gasteiger partial charge is 0.492 e. The summed E-state index contributed by atoms with van der Waals surface area (Å²) in [4.78, 5) is 15.5. The smallest absolute Gasteiger partial charge is 0.335 e. The van der Waals surface area contributed by atoms with Crippen LogP contribution in [0.2, 0.25) is 0 Å². The molecule has 0 aromatic heterocycles. The highest BCUT2D eigenvalue weighted by molar-refractivity contribution is 5.87. The molecule has 1 aromatic carbocycles. The highest BCUT2D eigenvalue weighted by atomic mass is 16.5. The summed E-state index contributed by atoms with van der Waals surface area (Å²) in [6, 6.07) is 6.53. The quantitative estimate of drug-likeness (QED) is 0.797. The third kappa shape index (κ3) is 7.48. The van der Waals surface area contributed by atoms with Crippen molar-refractivity contribution >= 4 is 5.97 Å². The first-order chi connectivity index (χ1) is 11.1. The molecule has 0 spiro atoms. The molecule has 23 heavy (non-hydrogen) atoms. The number of hydrogen-bond acceptors (Lipinski definition) is 4. The Morgan fingerprint density at radius 1 is 1.17 bits per heavy atom. The summed E-state index contributed by atoms with van der Waals surface area (Å²) in [5.41, 5.74) is 0.282. The van der Waals surface area contributed by atoms with Gasteiger partial charge in [0.15, 0.2) is 0 Å². The first-order valence-electron chi connectivity index (χ1n) is 8.52. The number of rotatable bonds is 8. The fourth-order valence-corrected chi connectivity index (χ4v) is 2.44. The highest BCUT2D eigenvalue weighted by Crippen LogP contribution is 2.12. The number of ether oxygens (including phenoxy) is 1. The topological polar surface area (TPSA) is 53.0 Å². The van der Waals surface area contributed by atoms with Crippen LogP contribution in [0.15, 0.2) is 24.3 Å². The van der Waals surface area contributed by atoms with Crippen molar-refractivity contribution in [2.75, 3.05) is 46.4 Å². The molecule has 1 fully saturated rings. The highest BCUT2D eigenvalue weighted by Gasteiger charge is 2.11. The second-order valence-corrected chi connectivity index (χ2v) is 5.53. The molecule has 0 aliphatic carbocycles. The Kier molecular flexibility index (Phi) is 9.33. The molecular weight excluding hydrogens is 292 g/mol. The van der Waals surface area contributed by atoms with Gasteiger partial charge in [0, 0.05) is 19.6 Å². The van der Waals surface area contributed by atoms with Gasteiger partial charge in [-0.1, -0.05) is 13.8 Å². The van der Waals surface area contributed by atoms with Crippen LogP contribution in [0.1, 0.15) is 37.0 Å². The van der Waals surface area contributed by atoms with Gasteiger partial charge in [-0.2, -0.15) is 0 Å². The predicted octanol–water partition coefficient (Wildman–Crippen LogP) is 2.82. The van der Waals surface area contributed by atoms with Gasteiger partial charge in [-0.25, -0.2) is 4.79 Å². The fraction of sp³-hybridized carbons (Fsp3) is 0.611. The van der Waals surface area contributed by atoms with E-state index >= 15 is 0 Å². The van der Waals surface area contributed by atoms with E-state index in [9.17, 15) is 4.79 Å². The van der Waals surface area contributed by atoms with Crippen molar-refractivity contribution in [1.82, 2.24) is 9.80 Å². The molecular formula is C18H30N2O3. The Morgan fingerprint density at radius 2 is 1.78 bits per heavy atom. The lowest BCUT2D eigenvalue weighted by molar-refractivity contribution is 0.0697. The summed E-state index contributed by atoms with van der Waals surface area (Å²) in [7, 11) is 2.10. The maximum absolute atomic E-state index is 10.7. The van der Waals surface area contributed by atoms with Crippen LogP contribution in [-0.4, -0.2) is 67.3 Å². The van der Waals surface area contributed by atoms with E-state index in [1.54, 1.807) is 24.3 Å². The number of nitrogens with zero attached hydrogens (tertiary/aromatic N) is 2. The molecule has 1 aromatic rings. The molecule has 1 heterocycles. The SMILES string of the molecule is CC.CN(CCOc1ccc(C(=O)O)cc1)CCN1CCCC1. The predicted molar refractivity (Wildman–Crippen MR) is 93.4 cm³/mol. The lowest BCUT2D eigenvalue weighted by Gasteiger charge is -2.21. The van der Waals surface area contributed by atoms with Gasteiger partial charge < -0.3 is 19.6 Å². The zero-order valence-electron chi connectivity index (χ0n) is 14.6. The second-order valence-electron chi connectivity index (χ2n) is 5.53. The van der Waals surface area contributed by atoms with Gasteiger partial charge in [-0.3, -0.25) is 0 Å². The van der Waals surface area contributed by atoms with Crippen molar-refractivity contribution in [2.24, 2.45) is 0 Å². The van der Waals surface area contributed by atoms with Gasteiger partial charge in [0.05, 0.1) is 5.56 Å². The van der Waals surface area contributed by atoms with Crippen molar-refractivity contribution < 1.29 is 14.6 Å². The van der Waals surface area contributed by atoms with E-state index in [1.165, 1.54) is 25.9 Å². The average Bonchev–Trinajstić information content (AvgIpc) is 3.09. The molecule has 5 nitrogen and oxygen atoms in total. The van der Waals surface area contributed by atoms with E-state index in [-0.39, 0.29) is 5.56 Å². The van der Waals surface area contributed by atoms with Gasteiger partial charge in [0.25, 0.3) is 0 Å². The van der Waals surface area contributed by atoms with Gasteiger partial charge in [-0.05, 0) is 57.2 Å². The minimum Gasteiger partial charge on any atom is -0.492 e. The number of hydrogen-bond donors (Lipinski definition) is 1. The maximum Gasteiger partial charge on any atom is 0.335 e. The van der Waals surface area contributed by atoms with Crippen molar-refractivity contribution in [3.63, 3.8) is 0 Å². The molecule has 2 rings (SSSR count). The number of benzene rings is 1. The van der Waals surface area contributed by atoms with Crippen LogP contribution in [0.25, 0.3) is 0 Å². The molecule has 5 heteroatoms. The monoisotopic (exact) mass is 322 g/mol. The average molecular weight is 322 g/mol. The zero-order chi connectivity index (χ0) is 17.1. The Hall–Kier alpha value is -1.59. The Bertz CT molecular complexity index is 442. The van der Waals surface area contributed by atoms with Gasteiger partial charge in [-0.15, -0.1) is 0 Å². The molecule has 0 unspecified atom stereocenters. The van der Waals surface area contributed by atoms with Crippen LogP contribution < -0.4 is 4.74 Å². The summed E-state index contributed by atoms with van der Waals surface area (Å²) in [6.07, 6.45) is 2.67. The zero-order valence-corrected chi connectivity index (χ0v) is 14.6. The molecule has 0 saturated carbocycles. The molecule has 130 valence electrons. The molecule has 1 N–H and O–H groups in total. The number of carbonyl (C=O) groups is 1. The van der Waals surface area contributed by atoms with Gasteiger partial charge >= 0.3 is 5.97 Å². The first-order valence-corrected chi connectivity index (χ1v) is 8.52. The normalized spacial score (nSPS) is 14.4. The van der Waals surface area contributed by atoms with Crippen LogP contribution >= 0.6 is 0 Å². The summed E-state index contributed by atoms with van der Waals surface area (Å²) in [5, 5.41) is 8.82. The summed E-state index contributed by atoms with van der Waals surface area (Å²) in [6.45, 7) is 10.1. The maximum atomic E-state index is 10.7. The summed E-state index contributed by atoms with van der Waals surface area (Å²) in [5.74, 6) is -0.198. The molecule has 1 saturated heterocycles. The van der Waals surface area contributed by atoms with Gasteiger partial charge in [0.2, 0.25) is 0 Å².